The molecule has 1 amide bonds. The predicted octanol–water partition coefficient (Wildman–Crippen LogP) is 3.65. The molecule has 7 nitrogen and oxygen atoms in total. The molecule has 1 aliphatic heterocycles. The molecule has 0 aromatic heterocycles. The van der Waals surface area contributed by atoms with Gasteiger partial charge >= 0.3 is 0 Å². The molecule has 1 heterocycles. The van der Waals surface area contributed by atoms with Crippen molar-refractivity contribution in [3.63, 3.8) is 0 Å². The second-order valence-electron chi connectivity index (χ2n) is 9.46. The molecule has 0 atom stereocenters. The monoisotopic (exact) mass is 478 g/mol. The summed E-state index contributed by atoms with van der Waals surface area (Å²) < 4.78 is 27.7. The molecule has 0 N–H and O–H groups in total. The lowest BCUT2D eigenvalue weighted by atomic mass is 9.94. The Morgan fingerprint density at radius 1 is 0.970 bits per heavy atom. The summed E-state index contributed by atoms with van der Waals surface area (Å²) >= 11 is 0. The Bertz CT molecular complexity index is 889. The minimum atomic E-state index is -3.63. The Kier molecular flexibility index (Phi) is 9.18. The van der Waals surface area contributed by atoms with Crippen molar-refractivity contribution in [2.75, 3.05) is 58.3 Å². The first kappa shape index (κ1) is 26.0. The third-order valence-electron chi connectivity index (χ3n) is 7.32. The third-order valence-corrected chi connectivity index (χ3v) is 9.37. The number of carbonyl (C=O) groups excluding carboxylic acids is 1. The average Bonchev–Trinajstić information content (AvgIpc) is 3.37. The molecular weight excluding hydrogens is 436 g/mol. The summed E-state index contributed by atoms with van der Waals surface area (Å²) in [6, 6.07) is 5.70. The van der Waals surface area contributed by atoms with Gasteiger partial charge in [-0.25, -0.2) is 8.42 Å². The highest BCUT2D eigenvalue weighted by Gasteiger charge is 2.28. The molecule has 1 saturated carbocycles. The molecule has 3 rings (SSSR count). The number of sulfonamides is 1. The maximum absolute atomic E-state index is 13.6. The van der Waals surface area contributed by atoms with Crippen LogP contribution in [0.3, 0.4) is 0 Å². The zero-order valence-corrected chi connectivity index (χ0v) is 21.7. The lowest BCUT2D eigenvalue weighted by molar-refractivity contribution is 0.0768. The van der Waals surface area contributed by atoms with Crippen molar-refractivity contribution in [3.8, 4) is 0 Å². The number of hydrogen-bond acceptors (Lipinski definition) is 5. The number of nitrogens with zero attached hydrogens (tertiary/aromatic N) is 4. The lowest BCUT2D eigenvalue weighted by Crippen LogP contribution is -2.40. The molecule has 1 saturated heterocycles. The second kappa shape index (κ2) is 11.7. The summed E-state index contributed by atoms with van der Waals surface area (Å²) in [6.45, 7) is 7.73. The summed E-state index contributed by atoms with van der Waals surface area (Å²) in [5.74, 6) is -0.106. The summed E-state index contributed by atoms with van der Waals surface area (Å²) in [5.41, 5.74) is 1.34. The van der Waals surface area contributed by atoms with Crippen LogP contribution in [0, 0.1) is 0 Å². The molecule has 2 fully saturated rings. The van der Waals surface area contributed by atoms with Crippen LogP contribution >= 0.6 is 0 Å². The van der Waals surface area contributed by atoms with Gasteiger partial charge < -0.3 is 14.7 Å². The molecule has 0 spiro atoms. The van der Waals surface area contributed by atoms with E-state index in [4.69, 9.17) is 0 Å². The topological polar surface area (TPSA) is 64.2 Å². The van der Waals surface area contributed by atoms with Crippen LogP contribution in [0.5, 0.6) is 0 Å². The van der Waals surface area contributed by atoms with Gasteiger partial charge in [0.1, 0.15) is 0 Å². The quantitative estimate of drug-likeness (QED) is 0.514. The summed E-state index contributed by atoms with van der Waals surface area (Å²) in [6.07, 6.45) is 8.56. The van der Waals surface area contributed by atoms with Crippen LogP contribution in [-0.2, 0) is 10.0 Å². The van der Waals surface area contributed by atoms with Crippen molar-refractivity contribution in [1.29, 1.82) is 0 Å². The number of rotatable bonds is 10. The van der Waals surface area contributed by atoms with Crippen LogP contribution in [-0.4, -0.2) is 87.8 Å². The maximum atomic E-state index is 13.6. The van der Waals surface area contributed by atoms with E-state index in [1.54, 1.807) is 17.0 Å². The van der Waals surface area contributed by atoms with E-state index in [1.807, 2.05) is 27.0 Å². The Labute approximate surface area is 200 Å². The molecule has 1 aliphatic carbocycles. The van der Waals surface area contributed by atoms with Crippen molar-refractivity contribution in [2.24, 2.45) is 0 Å². The summed E-state index contributed by atoms with van der Waals surface area (Å²) in [5, 5.41) is 0. The van der Waals surface area contributed by atoms with E-state index in [0.29, 0.717) is 31.2 Å². The number of anilines is 1. The fourth-order valence-corrected chi connectivity index (χ4v) is 6.60. The smallest absolute Gasteiger partial charge is 0.255 e. The van der Waals surface area contributed by atoms with Crippen LogP contribution < -0.4 is 4.90 Å². The zero-order chi connectivity index (χ0) is 24.0. The van der Waals surface area contributed by atoms with Gasteiger partial charge in [-0.15, -0.1) is 0 Å². The number of benzene rings is 1. The highest BCUT2D eigenvalue weighted by Crippen LogP contribution is 2.29. The fraction of sp³-hybridized carbons (Fsp3) is 0.720. The first-order chi connectivity index (χ1) is 15.8. The molecular formula is C25H42N4O3S. The molecule has 1 aromatic rings. The fourth-order valence-electron chi connectivity index (χ4n) is 5.11. The van der Waals surface area contributed by atoms with E-state index in [2.05, 4.69) is 16.8 Å². The zero-order valence-electron chi connectivity index (χ0n) is 20.9. The first-order valence-electron chi connectivity index (χ1n) is 12.6. The highest BCUT2D eigenvalue weighted by atomic mass is 32.2. The van der Waals surface area contributed by atoms with Gasteiger partial charge in [0.05, 0.1) is 10.5 Å². The average molecular weight is 479 g/mol. The van der Waals surface area contributed by atoms with Gasteiger partial charge in [-0.3, -0.25) is 4.79 Å². The number of carbonyl (C=O) groups is 1. The predicted molar refractivity (Wildman–Crippen MR) is 134 cm³/mol. The molecule has 0 unspecified atom stereocenters. The van der Waals surface area contributed by atoms with Crippen LogP contribution in [0.4, 0.5) is 5.69 Å². The SMILES string of the molecule is CCN(CC)S(=O)(=O)c1ccc(N2CCCC2)c(C(=O)N(C)CCN(C)C2CCCCC2)c1. The van der Waals surface area contributed by atoms with E-state index in [0.717, 1.165) is 38.2 Å². The van der Waals surface area contributed by atoms with Gasteiger partial charge in [-0.05, 0) is 50.9 Å². The first-order valence-corrected chi connectivity index (χ1v) is 14.1. The molecule has 0 radical (unpaired) electrons. The maximum Gasteiger partial charge on any atom is 0.255 e. The highest BCUT2D eigenvalue weighted by molar-refractivity contribution is 7.89. The number of hydrogen-bond donors (Lipinski definition) is 0. The van der Waals surface area contributed by atoms with Gasteiger partial charge in [0.2, 0.25) is 10.0 Å². The summed E-state index contributed by atoms with van der Waals surface area (Å²) in [4.78, 5) is 20.1. The standard InChI is InChI=1S/C25H42N4O3S/c1-5-29(6-2)33(31,32)22-14-15-24(28-16-10-11-17-28)23(20-22)25(30)27(4)19-18-26(3)21-12-8-7-9-13-21/h14-15,20-21H,5-13,16-19H2,1-4H3. The van der Waals surface area contributed by atoms with Crippen molar-refractivity contribution in [1.82, 2.24) is 14.1 Å². The molecule has 0 bridgehead atoms. The van der Waals surface area contributed by atoms with Crippen molar-refractivity contribution in [3.05, 3.63) is 23.8 Å². The Hall–Kier alpha value is -1.64. The Balaban J connectivity index is 1.82. The number of amides is 1. The third kappa shape index (κ3) is 6.08. The molecule has 2 aliphatic rings. The molecule has 8 heteroatoms. The normalized spacial score (nSPS) is 17.8. The van der Waals surface area contributed by atoms with Crippen molar-refractivity contribution in [2.45, 2.75) is 69.7 Å². The van der Waals surface area contributed by atoms with E-state index in [9.17, 15) is 13.2 Å². The van der Waals surface area contributed by atoms with Crippen LogP contribution in [0.15, 0.2) is 23.1 Å². The van der Waals surface area contributed by atoms with Crippen molar-refractivity contribution >= 4 is 21.6 Å². The number of likely N-dealkylation sites (N-methyl/N-ethyl adjacent to an activating group) is 2. The largest absolute Gasteiger partial charge is 0.371 e. The Morgan fingerprint density at radius 3 is 2.21 bits per heavy atom. The Morgan fingerprint density at radius 2 is 1.61 bits per heavy atom. The summed E-state index contributed by atoms with van der Waals surface area (Å²) in [7, 11) is 0.356. The van der Waals surface area contributed by atoms with Crippen LogP contribution in [0.1, 0.15) is 69.2 Å². The minimum Gasteiger partial charge on any atom is -0.371 e. The van der Waals surface area contributed by atoms with Gasteiger partial charge in [0.15, 0.2) is 0 Å². The van der Waals surface area contributed by atoms with Gasteiger partial charge in [-0.1, -0.05) is 33.1 Å². The van der Waals surface area contributed by atoms with E-state index in [1.165, 1.54) is 36.4 Å². The van der Waals surface area contributed by atoms with E-state index >= 15 is 0 Å². The van der Waals surface area contributed by atoms with E-state index < -0.39 is 10.0 Å². The van der Waals surface area contributed by atoms with Gasteiger partial charge in [0, 0.05) is 58.0 Å². The molecule has 186 valence electrons. The van der Waals surface area contributed by atoms with Crippen LogP contribution in [0.25, 0.3) is 0 Å². The minimum absolute atomic E-state index is 0.106. The molecule has 1 aromatic carbocycles. The molecule has 33 heavy (non-hydrogen) atoms. The second-order valence-corrected chi connectivity index (χ2v) is 11.4. The van der Waals surface area contributed by atoms with E-state index in [-0.39, 0.29) is 10.8 Å². The van der Waals surface area contributed by atoms with Crippen molar-refractivity contribution < 1.29 is 13.2 Å². The van der Waals surface area contributed by atoms with Gasteiger partial charge in [0.25, 0.3) is 5.91 Å². The lowest BCUT2D eigenvalue weighted by Gasteiger charge is -2.32. The van der Waals surface area contributed by atoms with Crippen LogP contribution in [0.2, 0.25) is 0 Å². The van der Waals surface area contributed by atoms with Gasteiger partial charge in [-0.2, -0.15) is 4.31 Å².